The summed E-state index contributed by atoms with van der Waals surface area (Å²) >= 11 is 1.92. The van der Waals surface area contributed by atoms with Crippen LogP contribution in [0.4, 0.5) is 0 Å². The van der Waals surface area contributed by atoms with Crippen LogP contribution in [0.15, 0.2) is 12.1 Å². The summed E-state index contributed by atoms with van der Waals surface area (Å²) in [5.41, 5.74) is 0. The monoisotopic (exact) mass is 266 g/mol. The van der Waals surface area contributed by atoms with Crippen LogP contribution in [0.25, 0.3) is 0 Å². The first kappa shape index (κ1) is 13.6. The molecule has 1 aromatic heterocycles. The normalized spacial score (nSPS) is 23.9. The van der Waals surface area contributed by atoms with Crippen molar-refractivity contribution in [3.05, 3.63) is 21.9 Å². The zero-order chi connectivity index (χ0) is 13.1. The molecule has 1 heterocycles. The summed E-state index contributed by atoms with van der Waals surface area (Å²) in [5.74, 6) is 0.320. The largest absolute Gasteiger partial charge is 0.481 e. The van der Waals surface area contributed by atoms with Crippen molar-refractivity contribution in [3.63, 3.8) is 0 Å². The number of hydrogen-bond acceptors (Lipinski definition) is 2. The van der Waals surface area contributed by atoms with E-state index in [1.165, 1.54) is 22.6 Å². The van der Waals surface area contributed by atoms with Gasteiger partial charge in [0.25, 0.3) is 0 Å². The second-order valence-electron chi connectivity index (χ2n) is 5.34. The molecular weight excluding hydrogens is 244 g/mol. The molecule has 3 unspecified atom stereocenters. The Hall–Kier alpha value is -0.830. The molecule has 2 nitrogen and oxygen atoms in total. The van der Waals surface area contributed by atoms with Crippen molar-refractivity contribution in [1.29, 1.82) is 0 Å². The predicted octanol–water partition coefficient (Wildman–Crippen LogP) is 4.31. The van der Waals surface area contributed by atoms with Crippen LogP contribution < -0.4 is 0 Å². The molecular formula is C15H22O2S. The molecule has 3 heteroatoms. The Morgan fingerprint density at radius 2 is 2.28 bits per heavy atom. The minimum Gasteiger partial charge on any atom is -0.481 e. The van der Waals surface area contributed by atoms with E-state index in [4.69, 9.17) is 5.11 Å². The number of aryl methyl sites for hydroxylation is 1. The Morgan fingerprint density at radius 1 is 1.50 bits per heavy atom. The van der Waals surface area contributed by atoms with Gasteiger partial charge in [-0.3, -0.25) is 4.79 Å². The van der Waals surface area contributed by atoms with E-state index in [9.17, 15) is 4.79 Å². The van der Waals surface area contributed by atoms with Gasteiger partial charge in [-0.15, -0.1) is 11.3 Å². The number of carboxylic acid groups (broad SMARTS) is 1. The molecule has 2 rings (SSSR count). The van der Waals surface area contributed by atoms with E-state index in [-0.39, 0.29) is 5.92 Å². The van der Waals surface area contributed by atoms with E-state index < -0.39 is 5.97 Å². The molecule has 1 aliphatic carbocycles. The van der Waals surface area contributed by atoms with Crippen molar-refractivity contribution in [2.45, 2.75) is 51.9 Å². The molecule has 1 aliphatic rings. The first-order valence-electron chi connectivity index (χ1n) is 6.97. The number of carboxylic acids is 1. The Kier molecular flexibility index (Phi) is 4.44. The maximum absolute atomic E-state index is 10.9. The van der Waals surface area contributed by atoms with Gasteiger partial charge in [-0.05, 0) is 49.7 Å². The summed E-state index contributed by atoms with van der Waals surface area (Å²) in [6, 6.07) is 4.50. The molecule has 100 valence electrons. The highest BCUT2D eigenvalue weighted by atomic mass is 32.1. The van der Waals surface area contributed by atoms with Crippen LogP contribution in [0.2, 0.25) is 0 Å². The third-order valence-corrected chi connectivity index (χ3v) is 5.21. The van der Waals surface area contributed by atoms with Crippen LogP contribution >= 0.6 is 11.3 Å². The van der Waals surface area contributed by atoms with Gasteiger partial charge in [0.1, 0.15) is 0 Å². The van der Waals surface area contributed by atoms with Gasteiger partial charge in [-0.25, -0.2) is 0 Å². The minimum atomic E-state index is -0.604. The van der Waals surface area contributed by atoms with E-state index in [0.29, 0.717) is 11.8 Å². The third kappa shape index (κ3) is 3.14. The molecule has 0 saturated heterocycles. The maximum atomic E-state index is 10.9. The van der Waals surface area contributed by atoms with Gasteiger partial charge in [0.2, 0.25) is 0 Å². The van der Waals surface area contributed by atoms with Gasteiger partial charge < -0.3 is 5.11 Å². The second-order valence-corrected chi connectivity index (χ2v) is 6.54. The number of thiophene rings is 1. The lowest BCUT2D eigenvalue weighted by Gasteiger charge is -2.12. The number of rotatable bonds is 7. The van der Waals surface area contributed by atoms with E-state index in [1.807, 2.05) is 11.3 Å². The fourth-order valence-corrected chi connectivity index (χ4v) is 3.97. The highest BCUT2D eigenvalue weighted by molar-refractivity contribution is 7.12. The third-order valence-electron chi connectivity index (χ3n) is 3.90. The predicted molar refractivity (Wildman–Crippen MR) is 75.2 cm³/mol. The molecule has 3 atom stereocenters. The first-order valence-corrected chi connectivity index (χ1v) is 7.78. The fraction of sp³-hybridized carbons (Fsp3) is 0.667. The lowest BCUT2D eigenvalue weighted by atomic mass is 9.97. The van der Waals surface area contributed by atoms with Gasteiger partial charge in [-0.2, -0.15) is 0 Å². The molecule has 1 saturated carbocycles. The lowest BCUT2D eigenvalue weighted by molar-refractivity contribution is -0.138. The molecule has 0 bridgehead atoms. The molecule has 0 radical (unpaired) electrons. The van der Waals surface area contributed by atoms with Crippen molar-refractivity contribution in [1.82, 2.24) is 0 Å². The first-order chi connectivity index (χ1) is 8.65. The van der Waals surface area contributed by atoms with E-state index in [0.717, 1.165) is 19.3 Å². The Bertz CT molecular complexity index is 410. The average molecular weight is 266 g/mol. The fourth-order valence-electron chi connectivity index (χ4n) is 2.65. The van der Waals surface area contributed by atoms with E-state index in [2.05, 4.69) is 26.0 Å². The van der Waals surface area contributed by atoms with Crippen LogP contribution in [-0.4, -0.2) is 11.1 Å². The zero-order valence-electron chi connectivity index (χ0n) is 11.2. The van der Waals surface area contributed by atoms with Crippen LogP contribution in [0, 0.1) is 11.8 Å². The molecule has 0 aromatic carbocycles. The summed E-state index contributed by atoms with van der Waals surface area (Å²) in [7, 11) is 0. The zero-order valence-corrected chi connectivity index (χ0v) is 12.0. The van der Waals surface area contributed by atoms with Gasteiger partial charge in [0.05, 0.1) is 5.92 Å². The van der Waals surface area contributed by atoms with Gasteiger partial charge >= 0.3 is 5.97 Å². The van der Waals surface area contributed by atoms with Crippen molar-refractivity contribution < 1.29 is 9.90 Å². The van der Waals surface area contributed by atoms with Crippen molar-refractivity contribution >= 4 is 17.3 Å². The highest BCUT2D eigenvalue weighted by Crippen LogP contribution is 2.46. The standard InChI is InChI=1S/C15H22O2S/c1-3-5-12-6-7-14(18-12)10(4-2)8-11-9-13(11)15(16)17/h6-7,10-11,13H,3-5,8-9H2,1-2H3,(H,16,17). The summed E-state index contributed by atoms with van der Waals surface area (Å²) < 4.78 is 0. The van der Waals surface area contributed by atoms with Crippen LogP contribution in [-0.2, 0) is 11.2 Å². The summed E-state index contributed by atoms with van der Waals surface area (Å²) in [5, 5.41) is 8.96. The topological polar surface area (TPSA) is 37.3 Å². The highest BCUT2D eigenvalue weighted by Gasteiger charge is 2.43. The average Bonchev–Trinajstić information content (AvgIpc) is 2.98. The second kappa shape index (κ2) is 5.87. The summed E-state index contributed by atoms with van der Waals surface area (Å²) in [6.07, 6.45) is 5.43. The summed E-state index contributed by atoms with van der Waals surface area (Å²) in [6.45, 7) is 4.42. The number of carbonyl (C=O) groups is 1. The molecule has 18 heavy (non-hydrogen) atoms. The SMILES string of the molecule is CCCc1ccc(C(CC)CC2CC2C(=O)O)s1. The van der Waals surface area contributed by atoms with Crippen LogP contribution in [0.5, 0.6) is 0 Å². The smallest absolute Gasteiger partial charge is 0.306 e. The molecule has 1 N–H and O–H groups in total. The molecule has 1 fully saturated rings. The number of aliphatic carboxylic acids is 1. The van der Waals surface area contributed by atoms with Crippen LogP contribution in [0.3, 0.4) is 0 Å². The molecule has 1 aromatic rings. The van der Waals surface area contributed by atoms with Crippen molar-refractivity contribution in [2.75, 3.05) is 0 Å². The van der Waals surface area contributed by atoms with Gasteiger partial charge in [0.15, 0.2) is 0 Å². The minimum absolute atomic E-state index is 0.0610. The van der Waals surface area contributed by atoms with Crippen molar-refractivity contribution in [3.8, 4) is 0 Å². The number of hydrogen-bond donors (Lipinski definition) is 1. The van der Waals surface area contributed by atoms with E-state index >= 15 is 0 Å². The van der Waals surface area contributed by atoms with Crippen LogP contribution in [0.1, 0.15) is 55.2 Å². The maximum Gasteiger partial charge on any atom is 0.306 e. The Morgan fingerprint density at radius 3 is 2.83 bits per heavy atom. The molecule has 0 spiro atoms. The molecule has 0 aliphatic heterocycles. The molecule has 0 amide bonds. The lowest BCUT2D eigenvalue weighted by Crippen LogP contribution is -2.02. The van der Waals surface area contributed by atoms with Crippen molar-refractivity contribution in [2.24, 2.45) is 11.8 Å². The Balaban J connectivity index is 1.93. The summed E-state index contributed by atoms with van der Waals surface area (Å²) in [4.78, 5) is 13.8. The Labute approximate surface area is 113 Å². The van der Waals surface area contributed by atoms with Gasteiger partial charge in [0, 0.05) is 9.75 Å². The van der Waals surface area contributed by atoms with E-state index in [1.54, 1.807) is 0 Å². The van der Waals surface area contributed by atoms with Gasteiger partial charge in [-0.1, -0.05) is 20.3 Å². The quantitative estimate of drug-likeness (QED) is 0.798.